The van der Waals surface area contributed by atoms with Crippen LogP contribution >= 0.6 is 0 Å². The molecule has 0 aromatic heterocycles. The van der Waals surface area contributed by atoms with Crippen molar-refractivity contribution in [1.82, 2.24) is 0 Å². The second-order valence-electron chi connectivity index (χ2n) is 7.43. The van der Waals surface area contributed by atoms with E-state index in [2.05, 4.69) is 0 Å². The second-order valence-corrected chi connectivity index (χ2v) is 12.0. The van der Waals surface area contributed by atoms with Gasteiger partial charge in [0.05, 0.1) is 15.9 Å². The molecule has 5 nitrogen and oxygen atoms in total. The summed E-state index contributed by atoms with van der Waals surface area (Å²) in [7, 11) is -6.36. The molecule has 1 aliphatic carbocycles. The molecular formula is C20H24O5S2. The Hall–Kier alpha value is -1.86. The lowest BCUT2D eigenvalue weighted by Gasteiger charge is -2.12. The van der Waals surface area contributed by atoms with E-state index in [0.29, 0.717) is 17.9 Å². The first-order valence-electron chi connectivity index (χ1n) is 8.86. The number of hydrogen-bond acceptors (Lipinski definition) is 5. The number of fused-ring (bicyclic) bond motifs is 1. The van der Waals surface area contributed by atoms with E-state index in [1.807, 2.05) is 18.2 Å². The summed E-state index contributed by atoms with van der Waals surface area (Å²) >= 11 is 0. The Balaban J connectivity index is 1.75. The van der Waals surface area contributed by atoms with Gasteiger partial charge >= 0.3 is 0 Å². The molecule has 0 saturated heterocycles. The third-order valence-electron chi connectivity index (χ3n) is 4.85. The highest BCUT2D eigenvalue weighted by Crippen LogP contribution is 2.33. The molecule has 0 unspecified atom stereocenters. The first-order valence-corrected chi connectivity index (χ1v) is 12.5. The van der Waals surface area contributed by atoms with Crippen molar-refractivity contribution in [2.24, 2.45) is 5.92 Å². The van der Waals surface area contributed by atoms with Gasteiger partial charge in [0.15, 0.2) is 19.7 Å². The van der Waals surface area contributed by atoms with Crippen molar-refractivity contribution in [2.75, 3.05) is 12.0 Å². The summed E-state index contributed by atoms with van der Waals surface area (Å²) in [5.41, 5.74) is 2.24. The third kappa shape index (κ3) is 4.71. The molecule has 0 radical (unpaired) electrons. The van der Waals surface area contributed by atoms with E-state index >= 15 is 0 Å². The van der Waals surface area contributed by atoms with Crippen LogP contribution in [-0.4, -0.2) is 34.1 Å². The van der Waals surface area contributed by atoms with E-state index in [1.54, 1.807) is 26.0 Å². The Labute approximate surface area is 161 Å². The fraction of sp³-hybridized carbons (Fsp3) is 0.400. The molecule has 0 aliphatic heterocycles. The van der Waals surface area contributed by atoms with Crippen LogP contribution in [-0.2, 0) is 32.5 Å². The maximum atomic E-state index is 12.2. The number of sulfone groups is 2. The molecule has 3 rings (SSSR count). The predicted octanol–water partition coefficient (Wildman–Crippen LogP) is 3.42. The molecule has 0 N–H and O–H groups in total. The number of benzene rings is 2. The fourth-order valence-corrected chi connectivity index (χ4v) is 5.23. The molecule has 2 aromatic rings. The van der Waals surface area contributed by atoms with Gasteiger partial charge in [-0.3, -0.25) is 0 Å². The number of rotatable bonds is 6. The number of hydrogen-bond donors (Lipinski definition) is 0. The molecule has 0 bridgehead atoms. The normalized spacial score (nSPS) is 17.1. The summed E-state index contributed by atoms with van der Waals surface area (Å²) in [5.74, 6) is 1.36. The van der Waals surface area contributed by atoms with Crippen molar-refractivity contribution in [3.63, 3.8) is 0 Å². The fourth-order valence-electron chi connectivity index (χ4n) is 3.29. The summed E-state index contributed by atoms with van der Waals surface area (Å²) in [5, 5.41) is -0.359. The van der Waals surface area contributed by atoms with Gasteiger partial charge in [-0.05, 0) is 74.1 Å². The van der Waals surface area contributed by atoms with Crippen LogP contribution in [0.2, 0.25) is 0 Å². The lowest BCUT2D eigenvalue weighted by Crippen LogP contribution is -2.23. The van der Waals surface area contributed by atoms with E-state index < -0.39 is 19.7 Å². The van der Waals surface area contributed by atoms with E-state index in [0.717, 1.165) is 23.8 Å². The van der Waals surface area contributed by atoms with Gasteiger partial charge < -0.3 is 4.74 Å². The average molecular weight is 409 g/mol. The van der Waals surface area contributed by atoms with E-state index in [1.165, 1.54) is 12.1 Å². The Bertz CT molecular complexity index is 1050. The third-order valence-corrected chi connectivity index (χ3v) is 8.33. The molecule has 0 amide bonds. The molecule has 27 heavy (non-hydrogen) atoms. The molecule has 1 atom stereocenters. The smallest absolute Gasteiger partial charge is 0.175 e. The highest BCUT2D eigenvalue weighted by atomic mass is 32.2. The standard InChI is InChI=1S/C20H24O5S2/c1-14(2)27(23,24)13-15-9-16-7-8-19(11-17(16)10-15)25-18-5-4-6-20(12-18)26(3,21)22/h4-8,11-12,14-15H,9-10,13H2,1-3H3/t15-/m0/s1. The van der Waals surface area contributed by atoms with Crippen molar-refractivity contribution < 1.29 is 21.6 Å². The summed E-state index contributed by atoms with van der Waals surface area (Å²) in [6.45, 7) is 3.43. The van der Waals surface area contributed by atoms with Crippen LogP contribution < -0.4 is 4.74 Å². The Morgan fingerprint density at radius 2 is 1.63 bits per heavy atom. The van der Waals surface area contributed by atoms with Gasteiger partial charge in [0.25, 0.3) is 0 Å². The van der Waals surface area contributed by atoms with Gasteiger partial charge in [-0.15, -0.1) is 0 Å². The van der Waals surface area contributed by atoms with Crippen molar-refractivity contribution in [1.29, 1.82) is 0 Å². The minimum Gasteiger partial charge on any atom is -0.457 e. The van der Waals surface area contributed by atoms with Crippen LogP contribution in [0.1, 0.15) is 25.0 Å². The van der Waals surface area contributed by atoms with Gasteiger partial charge in [0.2, 0.25) is 0 Å². The van der Waals surface area contributed by atoms with Crippen LogP contribution in [0.3, 0.4) is 0 Å². The van der Waals surface area contributed by atoms with E-state index in [4.69, 9.17) is 4.74 Å². The van der Waals surface area contributed by atoms with Crippen molar-refractivity contribution >= 4 is 19.7 Å². The van der Waals surface area contributed by atoms with Crippen LogP contribution in [0.25, 0.3) is 0 Å². The molecular weight excluding hydrogens is 384 g/mol. The first kappa shape index (κ1) is 19.9. The van der Waals surface area contributed by atoms with Gasteiger partial charge in [-0.1, -0.05) is 12.1 Å². The lowest BCUT2D eigenvalue weighted by molar-refractivity contribution is 0.480. The molecule has 1 aliphatic rings. The Morgan fingerprint density at radius 1 is 0.963 bits per heavy atom. The molecule has 7 heteroatoms. The maximum absolute atomic E-state index is 12.2. The van der Waals surface area contributed by atoms with Crippen molar-refractivity contribution in [3.05, 3.63) is 53.6 Å². The molecule has 0 heterocycles. The van der Waals surface area contributed by atoms with Gasteiger partial charge in [0.1, 0.15) is 11.5 Å². The molecule has 146 valence electrons. The average Bonchev–Trinajstić information content (AvgIpc) is 2.95. The molecule has 0 fully saturated rings. The van der Waals surface area contributed by atoms with Gasteiger partial charge in [-0.2, -0.15) is 0 Å². The zero-order valence-electron chi connectivity index (χ0n) is 15.7. The molecule has 0 spiro atoms. The van der Waals surface area contributed by atoms with Crippen LogP contribution in [0.15, 0.2) is 47.4 Å². The zero-order chi connectivity index (χ0) is 19.8. The van der Waals surface area contributed by atoms with Gasteiger partial charge in [0, 0.05) is 6.26 Å². The lowest BCUT2D eigenvalue weighted by atomic mass is 10.1. The number of ether oxygens (including phenoxy) is 1. The predicted molar refractivity (Wildman–Crippen MR) is 106 cm³/mol. The summed E-state index contributed by atoms with van der Waals surface area (Å²) in [6, 6.07) is 12.1. The van der Waals surface area contributed by atoms with E-state index in [-0.39, 0.29) is 21.8 Å². The van der Waals surface area contributed by atoms with Crippen molar-refractivity contribution in [2.45, 2.75) is 36.8 Å². The highest BCUT2D eigenvalue weighted by molar-refractivity contribution is 7.92. The zero-order valence-corrected chi connectivity index (χ0v) is 17.3. The second kappa shape index (κ2) is 7.28. The maximum Gasteiger partial charge on any atom is 0.175 e. The van der Waals surface area contributed by atoms with Gasteiger partial charge in [-0.25, -0.2) is 16.8 Å². The Morgan fingerprint density at radius 3 is 2.30 bits per heavy atom. The van der Waals surface area contributed by atoms with E-state index in [9.17, 15) is 16.8 Å². The van der Waals surface area contributed by atoms with Crippen molar-refractivity contribution in [3.8, 4) is 11.5 Å². The summed E-state index contributed by atoms with van der Waals surface area (Å²) in [6.07, 6.45) is 2.62. The monoisotopic (exact) mass is 408 g/mol. The largest absolute Gasteiger partial charge is 0.457 e. The SMILES string of the molecule is CC(C)S(=O)(=O)C[C@H]1Cc2ccc(Oc3cccc(S(C)(=O)=O)c3)cc2C1. The first-order chi connectivity index (χ1) is 12.5. The van der Waals surface area contributed by atoms with Crippen LogP contribution in [0, 0.1) is 5.92 Å². The Kier molecular flexibility index (Phi) is 5.36. The molecule has 0 saturated carbocycles. The minimum atomic E-state index is -3.30. The quantitative estimate of drug-likeness (QED) is 0.732. The topological polar surface area (TPSA) is 77.5 Å². The summed E-state index contributed by atoms with van der Waals surface area (Å²) < 4.78 is 53.6. The summed E-state index contributed by atoms with van der Waals surface area (Å²) in [4.78, 5) is 0.208. The highest BCUT2D eigenvalue weighted by Gasteiger charge is 2.28. The molecule has 2 aromatic carbocycles. The minimum absolute atomic E-state index is 0.0937. The van der Waals surface area contributed by atoms with Crippen LogP contribution in [0.4, 0.5) is 0 Å². The van der Waals surface area contributed by atoms with Crippen LogP contribution in [0.5, 0.6) is 11.5 Å².